The number of anilines is 2. The van der Waals surface area contributed by atoms with E-state index < -0.39 is 6.10 Å². The van der Waals surface area contributed by atoms with Crippen molar-refractivity contribution in [3.05, 3.63) is 65.5 Å². The highest BCUT2D eigenvalue weighted by Crippen LogP contribution is 2.33. The van der Waals surface area contributed by atoms with Gasteiger partial charge in [-0.1, -0.05) is 6.92 Å². The van der Waals surface area contributed by atoms with Crippen LogP contribution >= 0.6 is 0 Å². The fourth-order valence-electron chi connectivity index (χ4n) is 4.90. The Labute approximate surface area is 204 Å². The van der Waals surface area contributed by atoms with Crippen molar-refractivity contribution in [3.8, 4) is 11.4 Å². The average molecular weight is 475 g/mol. The second-order valence-electron chi connectivity index (χ2n) is 8.97. The first-order valence-corrected chi connectivity index (χ1v) is 12.2. The minimum Gasteiger partial charge on any atom is -0.497 e. The maximum Gasteiger partial charge on any atom is 0.277 e. The number of fused-ring (bicyclic) bond motifs is 1. The summed E-state index contributed by atoms with van der Waals surface area (Å²) >= 11 is 0. The van der Waals surface area contributed by atoms with Crippen LogP contribution in [-0.4, -0.2) is 46.9 Å². The summed E-state index contributed by atoms with van der Waals surface area (Å²) in [5.74, 6) is 0.697. The molecule has 0 saturated carbocycles. The first kappa shape index (κ1) is 23.1. The lowest BCUT2D eigenvalue weighted by Crippen LogP contribution is -2.39. The molecule has 1 unspecified atom stereocenters. The van der Waals surface area contributed by atoms with E-state index in [1.165, 1.54) is 0 Å². The second kappa shape index (κ2) is 9.54. The predicted molar refractivity (Wildman–Crippen MR) is 133 cm³/mol. The maximum absolute atomic E-state index is 13.8. The molecule has 0 aliphatic carbocycles. The van der Waals surface area contributed by atoms with Crippen molar-refractivity contribution in [2.24, 2.45) is 0 Å². The Hall–Kier alpha value is -3.65. The van der Waals surface area contributed by atoms with E-state index in [-0.39, 0.29) is 11.8 Å². The highest BCUT2D eigenvalue weighted by Gasteiger charge is 2.34. The van der Waals surface area contributed by atoms with Crippen LogP contribution in [0.5, 0.6) is 5.75 Å². The van der Waals surface area contributed by atoms with Crippen LogP contribution in [0.25, 0.3) is 5.69 Å². The van der Waals surface area contributed by atoms with Gasteiger partial charge in [0.2, 0.25) is 5.91 Å². The standard InChI is InChI=1S/C27H30N4O4/c1-3-23(32)25-22-15-17-30(19-9-7-18(8-10-19)29-16-5-4-6-24(29)33)27(34)26(22)31(28-25)20-11-13-21(35-2)14-12-20/h7-14,23,32H,3-6,15-17H2,1-2H3. The summed E-state index contributed by atoms with van der Waals surface area (Å²) in [5.41, 5.74) is 4.19. The van der Waals surface area contributed by atoms with Crippen LogP contribution in [0.3, 0.4) is 0 Å². The van der Waals surface area contributed by atoms with Gasteiger partial charge in [0.15, 0.2) is 0 Å². The van der Waals surface area contributed by atoms with Gasteiger partial charge in [-0.3, -0.25) is 9.59 Å². The van der Waals surface area contributed by atoms with E-state index in [0.29, 0.717) is 42.9 Å². The van der Waals surface area contributed by atoms with Crippen LogP contribution in [0.15, 0.2) is 48.5 Å². The quantitative estimate of drug-likeness (QED) is 0.583. The van der Waals surface area contributed by atoms with Gasteiger partial charge in [0.1, 0.15) is 11.4 Å². The van der Waals surface area contributed by atoms with Crippen molar-refractivity contribution in [3.63, 3.8) is 0 Å². The third-order valence-electron chi connectivity index (χ3n) is 6.86. The first-order chi connectivity index (χ1) is 17.0. The summed E-state index contributed by atoms with van der Waals surface area (Å²) < 4.78 is 6.90. The molecule has 35 heavy (non-hydrogen) atoms. The summed E-state index contributed by atoms with van der Waals surface area (Å²) in [6.07, 6.45) is 2.90. The molecule has 1 atom stereocenters. The van der Waals surface area contributed by atoms with Crippen LogP contribution in [0, 0.1) is 0 Å². The molecule has 2 aliphatic rings. The SMILES string of the molecule is CCC(O)c1nn(-c2ccc(OC)cc2)c2c1CCN(c1ccc(N3CCCCC3=O)cc1)C2=O. The summed E-state index contributed by atoms with van der Waals surface area (Å²) in [4.78, 5) is 29.6. The molecular weight excluding hydrogens is 444 g/mol. The average Bonchev–Trinajstić information content (AvgIpc) is 3.29. The second-order valence-corrected chi connectivity index (χ2v) is 8.97. The number of carbonyl (C=O) groups excluding carboxylic acids is 2. The summed E-state index contributed by atoms with van der Waals surface area (Å²) in [5, 5.41) is 15.3. The third-order valence-corrected chi connectivity index (χ3v) is 6.86. The number of amides is 2. The first-order valence-electron chi connectivity index (χ1n) is 12.2. The number of benzene rings is 2. The largest absolute Gasteiger partial charge is 0.497 e. The van der Waals surface area contributed by atoms with Crippen molar-refractivity contribution in [2.75, 3.05) is 30.0 Å². The number of nitrogens with zero attached hydrogens (tertiary/aromatic N) is 4. The van der Waals surface area contributed by atoms with Crippen molar-refractivity contribution < 1.29 is 19.4 Å². The number of aromatic nitrogens is 2. The van der Waals surface area contributed by atoms with E-state index in [1.54, 1.807) is 16.7 Å². The van der Waals surface area contributed by atoms with E-state index in [2.05, 4.69) is 5.10 Å². The molecule has 5 rings (SSSR count). The van der Waals surface area contributed by atoms with Gasteiger partial charge in [0.05, 0.1) is 24.6 Å². The number of hydrogen-bond donors (Lipinski definition) is 1. The zero-order valence-electron chi connectivity index (χ0n) is 20.1. The lowest BCUT2D eigenvalue weighted by molar-refractivity contribution is -0.119. The Balaban J connectivity index is 1.49. The lowest BCUT2D eigenvalue weighted by Gasteiger charge is -2.30. The molecule has 2 aromatic carbocycles. The summed E-state index contributed by atoms with van der Waals surface area (Å²) in [7, 11) is 1.61. The van der Waals surface area contributed by atoms with Gasteiger partial charge < -0.3 is 19.6 Å². The van der Waals surface area contributed by atoms with Crippen LogP contribution in [-0.2, 0) is 11.2 Å². The molecule has 0 spiro atoms. The van der Waals surface area contributed by atoms with E-state index in [9.17, 15) is 14.7 Å². The molecule has 1 aromatic heterocycles. The van der Waals surface area contributed by atoms with Crippen LogP contribution in [0.1, 0.15) is 60.5 Å². The van der Waals surface area contributed by atoms with Crippen molar-refractivity contribution in [1.29, 1.82) is 0 Å². The van der Waals surface area contributed by atoms with Crippen LogP contribution < -0.4 is 14.5 Å². The molecule has 3 heterocycles. The van der Waals surface area contributed by atoms with Crippen molar-refractivity contribution in [2.45, 2.75) is 45.1 Å². The van der Waals surface area contributed by atoms with Crippen LogP contribution in [0.2, 0.25) is 0 Å². The molecule has 0 bridgehead atoms. The number of rotatable bonds is 6. The zero-order chi connectivity index (χ0) is 24.5. The van der Waals surface area contributed by atoms with Crippen molar-refractivity contribution in [1.82, 2.24) is 9.78 Å². The zero-order valence-corrected chi connectivity index (χ0v) is 20.1. The summed E-state index contributed by atoms with van der Waals surface area (Å²) in [6, 6.07) is 15.0. The third kappa shape index (κ3) is 4.18. The van der Waals surface area contributed by atoms with Crippen molar-refractivity contribution >= 4 is 23.2 Å². The summed E-state index contributed by atoms with van der Waals surface area (Å²) in [6.45, 7) is 3.12. The van der Waals surface area contributed by atoms with Gasteiger partial charge in [-0.25, -0.2) is 4.68 Å². The molecule has 1 N–H and O–H groups in total. The lowest BCUT2D eigenvalue weighted by atomic mass is 9.99. The van der Waals surface area contributed by atoms with Crippen LogP contribution in [0.4, 0.5) is 11.4 Å². The van der Waals surface area contributed by atoms with Gasteiger partial charge in [-0.15, -0.1) is 0 Å². The van der Waals surface area contributed by atoms with Gasteiger partial charge in [-0.05, 0) is 74.2 Å². The molecule has 3 aromatic rings. The molecule has 1 fully saturated rings. The van der Waals surface area contributed by atoms with Gasteiger partial charge in [0.25, 0.3) is 5.91 Å². The molecular formula is C27H30N4O4. The maximum atomic E-state index is 13.8. The number of ether oxygens (including phenoxy) is 1. The number of aliphatic hydroxyl groups is 1. The molecule has 2 aliphatic heterocycles. The van der Waals surface area contributed by atoms with Gasteiger partial charge in [-0.2, -0.15) is 5.10 Å². The number of carbonyl (C=O) groups is 2. The fourth-order valence-corrected chi connectivity index (χ4v) is 4.90. The number of piperidine rings is 1. The van der Waals surface area contributed by atoms with E-state index >= 15 is 0 Å². The minimum atomic E-state index is -0.732. The van der Waals surface area contributed by atoms with Gasteiger partial charge in [0, 0.05) is 36.4 Å². The smallest absolute Gasteiger partial charge is 0.277 e. The topological polar surface area (TPSA) is 87.9 Å². The predicted octanol–water partition coefficient (Wildman–Crippen LogP) is 4.04. The number of aliphatic hydroxyl groups excluding tert-OH is 1. The van der Waals surface area contributed by atoms with E-state index in [0.717, 1.165) is 42.0 Å². The molecule has 0 radical (unpaired) electrons. The number of methoxy groups -OCH3 is 1. The molecule has 182 valence electrons. The Kier molecular flexibility index (Phi) is 6.30. The highest BCUT2D eigenvalue weighted by atomic mass is 16.5. The Bertz CT molecular complexity index is 1230. The molecule has 1 saturated heterocycles. The normalized spacial score (nSPS) is 16.9. The molecule has 2 amide bonds. The Morgan fingerprint density at radius 1 is 0.914 bits per heavy atom. The molecule has 8 heteroatoms. The Morgan fingerprint density at radius 3 is 2.20 bits per heavy atom. The van der Waals surface area contributed by atoms with E-state index in [1.807, 2.05) is 60.4 Å². The monoisotopic (exact) mass is 474 g/mol. The van der Waals surface area contributed by atoms with Gasteiger partial charge >= 0.3 is 0 Å². The number of hydrogen-bond acceptors (Lipinski definition) is 5. The minimum absolute atomic E-state index is 0.146. The fraction of sp³-hybridized carbons (Fsp3) is 0.370. The highest BCUT2D eigenvalue weighted by molar-refractivity contribution is 6.07. The Morgan fingerprint density at radius 2 is 1.57 bits per heavy atom. The molecule has 8 nitrogen and oxygen atoms in total. The van der Waals surface area contributed by atoms with E-state index in [4.69, 9.17) is 4.74 Å².